The van der Waals surface area contributed by atoms with E-state index in [1.165, 1.54) is 18.3 Å². The number of nitrogens with two attached hydrogens (primary N) is 2. The lowest BCUT2D eigenvalue weighted by molar-refractivity contribution is -0.384. The summed E-state index contributed by atoms with van der Waals surface area (Å²) in [4.78, 5) is 10.1. The number of non-ortho nitro benzene ring substituents is 1. The fraction of sp³-hybridized carbons (Fsp3) is 0.0588. The second-order valence-electron chi connectivity index (χ2n) is 5.82. The van der Waals surface area contributed by atoms with Gasteiger partial charge in [-0.2, -0.15) is 5.10 Å². The predicted molar refractivity (Wildman–Crippen MR) is 106 cm³/mol. The molecule has 0 atom stereocenters. The molecule has 0 spiro atoms. The summed E-state index contributed by atoms with van der Waals surface area (Å²) in [5.41, 5.74) is 11.8. The molecular formula is C17H16N6O4S. The molecule has 0 aliphatic rings. The number of rotatable bonds is 5. The number of aromatic nitrogens is 1. The van der Waals surface area contributed by atoms with Crippen LogP contribution in [0, 0.1) is 10.1 Å². The van der Waals surface area contributed by atoms with E-state index in [-0.39, 0.29) is 16.5 Å². The average molecular weight is 400 g/mol. The van der Waals surface area contributed by atoms with E-state index in [9.17, 15) is 18.5 Å². The van der Waals surface area contributed by atoms with Gasteiger partial charge in [0.2, 0.25) is 5.96 Å². The van der Waals surface area contributed by atoms with Gasteiger partial charge < -0.3 is 11.5 Å². The molecule has 0 saturated carbocycles. The molecular weight excluding hydrogens is 384 g/mol. The van der Waals surface area contributed by atoms with Crippen molar-refractivity contribution in [2.24, 2.45) is 21.7 Å². The van der Waals surface area contributed by atoms with Crippen LogP contribution in [0.3, 0.4) is 0 Å². The van der Waals surface area contributed by atoms with Gasteiger partial charge in [-0.1, -0.05) is 18.2 Å². The van der Waals surface area contributed by atoms with E-state index < -0.39 is 14.9 Å². The Morgan fingerprint density at radius 2 is 1.71 bits per heavy atom. The summed E-state index contributed by atoms with van der Waals surface area (Å²) in [7, 11) is -4.00. The molecule has 0 aliphatic carbocycles. The quantitative estimate of drug-likeness (QED) is 0.287. The second kappa shape index (κ2) is 7.12. The molecule has 3 aromatic rings. The number of fused-ring (bicyclic) bond motifs is 1. The highest BCUT2D eigenvalue weighted by molar-refractivity contribution is 7.90. The molecule has 11 heteroatoms. The Balaban J connectivity index is 2.19. The van der Waals surface area contributed by atoms with Gasteiger partial charge in [0.15, 0.2) is 0 Å². The fourth-order valence-electron chi connectivity index (χ4n) is 2.68. The van der Waals surface area contributed by atoms with Gasteiger partial charge in [-0.15, -0.1) is 5.10 Å². The van der Waals surface area contributed by atoms with Crippen LogP contribution < -0.4 is 11.5 Å². The maximum atomic E-state index is 13.1. The first-order valence-electron chi connectivity index (χ1n) is 7.95. The van der Waals surface area contributed by atoms with Crippen LogP contribution in [0.5, 0.6) is 0 Å². The number of benzene rings is 2. The number of nitro groups is 1. The van der Waals surface area contributed by atoms with Crippen molar-refractivity contribution in [1.82, 2.24) is 3.97 Å². The largest absolute Gasteiger partial charge is 0.369 e. The van der Waals surface area contributed by atoms with Crippen LogP contribution in [0.25, 0.3) is 10.9 Å². The van der Waals surface area contributed by atoms with E-state index in [4.69, 9.17) is 11.5 Å². The lowest BCUT2D eigenvalue weighted by Crippen LogP contribution is -2.22. The Labute approximate surface area is 160 Å². The van der Waals surface area contributed by atoms with E-state index >= 15 is 0 Å². The number of guanidine groups is 1. The summed E-state index contributed by atoms with van der Waals surface area (Å²) < 4.78 is 27.3. The third-order valence-electron chi connectivity index (χ3n) is 3.99. The minimum absolute atomic E-state index is 0.0794. The lowest BCUT2D eigenvalue weighted by Gasteiger charge is -2.07. The summed E-state index contributed by atoms with van der Waals surface area (Å²) in [5.74, 6) is -0.221. The molecule has 2 aromatic carbocycles. The first-order valence-corrected chi connectivity index (χ1v) is 9.39. The molecule has 0 radical (unpaired) electrons. The molecule has 0 saturated heterocycles. The van der Waals surface area contributed by atoms with Crippen molar-refractivity contribution in [3.05, 3.63) is 70.4 Å². The number of hydrogen-bond donors (Lipinski definition) is 2. The van der Waals surface area contributed by atoms with Gasteiger partial charge in [0, 0.05) is 29.3 Å². The summed E-state index contributed by atoms with van der Waals surface area (Å²) >= 11 is 0. The van der Waals surface area contributed by atoms with Crippen LogP contribution in [0.1, 0.15) is 12.5 Å². The van der Waals surface area contributed by atoms with E-state index in [0.717, 1.165) is 16.1 Å². The van der Waals surface area contributed by atoms with E-state index in [0.29, 0.717) is 22.2 Å². The fourth-order valence-corrected chi connectivity index (χ4v) is 4.05. The Morgan fingerprint density at radius 1 is 1.07 bits per heavy atom. The highest BCUT2D eigenvalue weighted by Gasteiger charge is 2.22. The predicted octanol–water partition coefficient (Wildman–Crippen LogP) is 1.78. The van der Waals surface area contributed by atoms with Gasteiger partial charge >= 0.3 is 0 Å². The Hall–Kier alpha value is -3.73. The van der Waals surface area contributed by atoms with E-state index in [1.54, 1.807) is 31.2 Å². The third kappa shape index (κ3) is 3.42. The van der Waals surface area contributed by atoms with E-state index in [1.807, 2.05) is 0 Å². The normalized spacial score (nSPS) is 12.1. The summed E-state index contributed by atoms with van der Waals surface area (Å²) in [6, 6.07) is 11.6. The SMILES string of the molecule is C/C(=N/N=C(N)N)c1cn(S(=O)(=O)c2ccc([N+](=O)[O-])cc2)c2ccccc12. The van der Waals surface area contributed by atoms with Gasteiger partial charge in [-0.05, 0) is 25.1 Å². The maximum Gasteiger partial charge on any atom is 0.269 e. The van der Waals surface area contributed by atoms with Crippen LogP contribution in [-0.2, 0) is 10.0 Å². The second-order valence-corrected chi connectivity index (χ2v) is 7.64. The molecule has 10 nitrogen and oxygen atoms in total. The highest BCUT2D eigenvalue weighted by Crippen LogP contribution is 2.27. The van der Waals surface area contributed by atoms with Crippen LogP contribution in [0.4, 0.5) is 5.69 Å². The van der Waals surface area contributed by atoms with Crippen molar-refractivity contribution >= 4 is 38.3 Å². The monoisotopic (exact) mass is 400 g/mol. The molecule has 0 amide bonds. The Kier molecular flexibility index (Phi) is 4.84. The van der Waals surface area contributed by atoms with Crippen LogP contribution >= 0.6 is 0 Å². The molecule has 3 rings (SSSR count). The van der Waals surface area contributed by atoms with Gasteiger partial charge in [0.25, 0.3) is 15.7 Å². The third-order valence-corrected chi connectivity index (χ3v) is 5.68. The van der Waals surface area contributed by atoms with Crippen LogP contribution in [0.2, 0.25) is 0 Å². The minimum atomic E-state index is -4.00. The van der Waals surface area contributed by atoms with Crippen molar-refractivity contribution in [1.29, 1.82) is 0 Å². The summed E-state index contributed by atoms with van der Waals surface area (Å²) in [5, 5.41) is 19.0. The smallest absolute Gasteiger partial charge is 0.269 e. The lowest BCUT2D eigenvalue weighted by atomic mass is 10.1. The molecule has 144 valence electrons. The Morgan fingerprint density at radius 3 is 2.32 bits per heavy atom. The van der Waals surface area contributed by atoms with Crippen molar-refractivity contribution < 1.29 is 13.3 Å². The topological polar surface area (TPSA) is 159 Å². The number of nitro benzene ring substituents is 1. The zero-order valence-electron chi connectivity index (χ0n) is 14.7. The van der Waals surface area contributed by atoms with Gasteiger partial charge in [0.05, 0.1) is 21.0 Å². The molecule has 4 N–H and O–H groups in total. The molecule has 0 fully saturated rings. The van der Waals surface area contributed by atoms with Crippen molar-refractivity contribution in [2.45, 2.75) is 11.8 Å². The molecule has 0 unspecified atom stereocenters. The van der Waals surface area contributed by atoms with Crippen LogP contribution in [-0.4, -0.2) is 29.0 Å². The zero-order valence-corrected chi connectivity index (χ0v) is 15.5. The molecule has 1 aromatic heterocycles. The van der Waals surface area contributed by atoms with E-state index in [2.05, 4.69) is 10.2 Å². The minimum Gasteiger partial charge on any atom is -0.369 e. The summed E-state index contributed by atoms with van der Waals surface area (Å²) in [6.45, 7) is 1.65. The van der Waals surface area contributed by atoms with Crippen LogP contribution in [0.15, 0.2) is 69.8 Å². The first-order chi connectivity index (χ1) is 13.2. The average Bonchev–Trinajstić information content (AvgIpc) is 3.06. The molecule has 1 heterocycles. The standard InChI is InChI=1S/C17H16N6O4S/c1-11(20-21-17(18)19)15-10-22(16-5-3-2-4-14(15)16)28(26,27)13-8-6-12(7-9-13)23(24)25/h2-10H,1H3,(H4,18,19,21)/b20-11-. The highest BCUT2D eigenvalue weighted by atomic mass is 32.2. The van der Waals surface area contributed by atoms with Crippen molar-refractivity contribution in [3.63, 3.8) is 0 Å². The summed E-state index contributed by atoms with van der Waals surface area (Å²) in [6.07, 6.45) is 1.42. The molecule has 28 heavy (non-hydrogen) atoms. The van der Waals surface area contributed by atoms with Gasteiger partial charge in [-0.3, -0.25) is 10.1 Å². The molecule has 0 aliphatic heterocycles. The van der Waals surface area contributed by atoms with Gasteiger partial charge in [-0.25, -0.2) is 12.4 Å². The number of para-hydroxylation sites is 1. The van der Waals surface area contributed by atoms with Gasteiger partial charge in [0.1, 0.15) is 0 Å². The maximum absolute atomic E-state index is 13.1. The number of nitrogens with zero attached hydrogens (tertiary/aromatic N) is 4. The Bertz CT molecular complexity index is 1220. The number of hydrogen-bond acceptors (Lipinski definition) is 6. The molecule has 0 bridgehead atoms. The van der Waals surface area contributed by atoms with Crippen molar-refractivity contribution in [2.75, 3.05) is 0 Å². The first kappa shape index (κ1) is 19.0. The van der Waals surface area contributed by atoms with Crippen molar-refractivity contribution in [3.8, 4) is 0 Å². The zero-order chi connectivity index (χ0) is 20.5.